The Kier molecular flexibility index (Phi) is 4.94. The van der Waals surface area contributed by atoms with Crippen molar-refractivity contribution >= 4 is 24.4 Å². The molecule has 2 aliphatic heterocycles. The molecule has 0 unspecified atom stereocenters. The van der Waals surface area contributed by atoms with Gasteiger partial charge in [0.2, 0.25) is 0 Å². The Balaban J connectivity index is 1.67. The normalized spacial score (nSPS) is 22.2. The van der Waals surface area contributed by atoms with Crippen molar-refractivity contribution in [2.24, 2.45) is 5.41 Å². The summed E-state index contributed by atoms with van der Waals surface area (Å²) in [7, 11) is 0. The van der Waals surface area contributed by atoms with Gasteiger partial charge in [0.1, 0.15) is 5.82 Å². The summed E-state index contributed by atoms with van der Waals surface area (Å²) in [5, 5.41) is 9.89. The molecular weight excluding hydrogens is 290 g/mol. The van der Waals surface area contributed by atoms with E-state index in [9.17, 15) is 0 Å². The zero-order chi connectivity index (χ0) is 13.8. The lowest BCUT2D eigenvalue weighted by Crippen LogP contribution is -2.33. The second-order valence-electron chi connectivity index (χ2n) is 5.92. The molecule has 20 heavy (non-hydrogen) atoms. The molecule has 2 aliphatic rings. The largest absolute Gasteiger partial charge is 0.381 e. The molecule has 0 N–H and O–H groups in total. The van der Waals surface area contributed by atoms with E-state index in [0.717, 1.165) is 55.7 Å². The molecule has 1 fully saturated rings. The van der Waals surface area contributed by atoms with Crippen LogP contribution in [0.5, 0.6) is 0 Å². The molecule has 0 spiro atoms. The van der Waals surface area contributed by atoms with Crippen LogP contribution in [0.15, 0.2) is 5.16 Å². The fourth-order valence-corrected chi connectivity index (χ4v) is 4.79. The quantitative estimate of drug-likeness (QED) is 0.685. The summed E-state index contributed by atoms with van der Waals surface area (Å²) >= 11 is 6.45. The predicted octanol–water partition coefficient (Wildman–Crippen LogP) is 2.82. The summed E-state index contributed by atoms with van der Waals surface area (Å²) < 4.78 is 7.83. The standard InChI is InChI=1S/C14H23N3OS2/c19-10-14(5-8-18-9-6-14)11-20-13-16-15-12-4-2-1-3-7-17(12)13/h19H,1-11H2. The van der Waals surface area contributed by atoms with Gasteiger partial charge in [-0.1, -0.05) is 18.2 Å². The minimum Gasteiger partial charge on any atom is -0.381 e. The number of aryl methyl sites for hydroxylation is 1. The minimum absolute atomic E-state index is 0.309. The zero-order valence-corrected chi connectivity index (χ0v) is 13.6. The highest BCUT2D eigenvalue weighted by Gasteiger charge is 2.32. The van der Waals surface area contributed by atoms with Gasteiger partial charge in [0, 0.05) is 31.9 Å². The molecule has 112 valence electrons. The van der Waals surface area contributed by atoms with E-state index >= 15 is 0 Å². The van der Waals surface area contributed by atoms with E-state index in [-0.39, 0.29) is 0 Å². The van der Waals surface area contributed by atoms with Crippen LogP contribution >= 0.6 is 24.4 Å². The molecule has 0 radical (unpaired) electrons. The summed E-state index contributed by atoms with van der Waals surface area (Å²) in [5.74, 6) is 3.19. The molecule has 3 rings (SSSR count). The summed E-state index contributed by atoms with van der Waals surface area (Å²) in [4.78, 5) is 0. The first-order valence-corrected chi connectivity index (χ1v) is 9.18. The Labute approximate surface area is 130 Å². The molecule has 4 nitrogen and oxygen atoms in total. The van der Waals surface area contributed by atoms with Gasteiger partial charge in [-0.25, -0.2) is 0 Å². The van der Waals surface area contributed by atoms with E-state index < -0.39 is 0 Å². The second-order valence-corrected chi connectivity index (χ2v) is 7.18. The molecule has 0 amide bonds. The number of ether oxygens (including phenoxy) is 1. The summed E-state index contributed by atoms with van der Waals surface area (Å²) in [6.45, 7) is 2.83. The number of hydrogen-bond donors (Lipinski definition) is 1. The maximum atomic E-state index is 5.49. The van der Waals surface area contributed by atoms with Gasteiger partial charge in [-0.2, -0.15) is 12.6 Å². The molecule has 1 aromatic heterocycles. The van der Waals surface area contributed by atoms with Crippen LogP contribution in [0.3, 0.4) is 0 Å². The SMILES string of the molecule is SCC1(CSc2nnc3n2CCCCC3)CCOCC1. The van der Waals surface area contributed by atoms with Gasteiger partial charge >= 0.3 is 0 Å². The van der Waals surface area contributed by atoms with Crippen molar-refractivity contribution in [3.05, 3.63) is 5.82 Å². The third-order valence-corrected chi connectivity index (χ3v) is 6.46. The Morgan fingerprint density at radius 1 is 1.20 bits per heavy atom. The maximum absolute atomic E-state index is 5.49. The number of thiol groups is 1. The Bertz CT molecular complexity index is 444. The smallest absolute Gasteiger partial charge is 0.191 e. The first-order valence-electron chi connectivity index (χ1n) is 7.56. The van der Waals surface area contributed by atoms with Crippen molar-refractivity contribution < 1.29 is 4.74 Å². The Hall–Kier alpha value is -0.200. The third kappa shape index (κ3) is 3.17. The van der Waals surface area contributed by atoms with E-state index in [1.807, 2.05) is 11.8 Å². The molecule has 0 aliphatic carbocycles. The fourth-order valence-electron chi connectivity index (χ4n) is 2.94. The first-order chi connectivity index (χ1) is 9.83. The van der Waals surface area contributed by atoms with Gasteiger partial charge in [0.25, 0.3) is 0 Å². The Morgan fingerprint density at radius 2 is 2.05 bits per heavy atom. The van der Waals surface area contributed by atoms with Crippen molar-refractivity contribution in [2.45, 2.75) is 50.2 Å². The lowest BCUT2D eigenvalue weighted by Gasteiger charge is -2.35. The molecule has 0 bridgehead atoms. The highest BCUT2D eigenvalue weighted by atomic mass is 32.2. The van der Waals surface area contributed by atoms with Crippen LogP contribution in [0.25, 0.3) is 0 Å². The van der Waals surface area contributed by atoms with Crippen LogP contribution in [-0.4, -0.2) is 39.5 Å². The van der Waals surface area contributed by atoms with Crippen molar-refractivity contribution in [1.82, 2.24) is 14.8 Å². The Morgan fingerprint density at radius 3 is 2.85 bits per heavy atom. The monoisotopic (exact) mass is 313 g/mol. The number of hydrogen-bond acceptors (Lipinski definition) is 5. The number of nitrogens with zero attached hydrogens (tertiary/aromatic N) is 3. The highest BCUT2D eigenvalue weighted by molar-refractivity contribution is 7.99. The molecule has 0 aromatic carbocycles. The molecule has 1 saturated heterocycles. The number of thioether (sulfide) groups is 1. The van der Waals surface area contributed by atoms with Crippen molar-refractivity contribution in [3.8, 4) is 0 Å². The van der Waals surface area contributed by atoms with Gasteiger partial charge in [-0.15, -0.1) is 10.2 Å². The molecule has 0 atom stereocenters. The van der Waals surface area contributed by atoms with Crippen molar-refractivity contribution in [3.63, 3.8) is 0 Å². The topological polar surface area (TPSA) is 39.9 Å². The van der Waals surface area contributed by atoms with Gasteiger partial charge in [0.15, 0.2) is 5.16 Å². The average Bonchev–Trinajstić information content (AvgIpc) is 2.73. The lowest BCUT2D eigenvalue weighted by atomic mass is 9.84. The van der Waals surface area contributed by atoms with Crippen LogP contribution in [-0.2, 0) is 17.7 Å². The average molecular weight is 313 g/mol. The summed E-state index contributed by atoms with van der Waals surface area (Å²) in [5.41, 5.74) is 0.309. The highest BCUT2D eigenvalue weighted by Crippen LogP contribution is 2.37. The van der Waals surface area contributed by atoms with Crippen LogP contribution in [0, 0.1) is 5.41 Å². The number of aromatic nitrogens is 3. The first kappa shape index (κ1) is 14.7. The van der Waals surface area contributed by atoms with Gasteiger partial charge in [-0.05, 0) is 36.9 Å². The maximum Gasteiger partial charge on any atom is 0.191 e. The second kappa shape index (κ2) is 6.71. The molecular formula is C14H23N3OS2. The van der Waals surface area contributed by atoms with E-state index in [1.165, 1.54) is 25.1 Å². The van der Waals surface area contributed by atoms with E-state index in [4.69, 9.17) is 4.74 Å². The molecule has 6 heteroatoms. The molecule has 1 aromatic rings. The fraction of sp³-hybridized carbons (Fsp3) is 0.857. The van der Waals surface area contributed by atoms with Crippen LogP contribution in [0.1, 0.15) is 37.9 Å². The van der Waals surface area contributed by atoms with Crippen LogP contribution in [0.2, 0.25) is 0 Å². The summed E-state index contributed by atoms with van der Waals surface area (Å²) in [6, 6.07) is 0. The number of rotatable bonds is 4. The predicted molar refractivity (Wildman–Crippen MR) is 84.6 cm³/mol. The lowest BCUT2D eigenvalue weighted by molar-refractivity contribution is 0.0370. The van der Waals surface area contributed by atoms with Crippen molar-refractivity contribution in [2.75, 3.05) is 24.7 Å². The van der Waals surface area contributed by atoms with Crippen molar-refractivity contribution in [1.29, 1.82) is 0 Å². The minimum atomic E-state index is 0.309. The van der Waals surface area contributed by atoms with Gasteiger partial charge < -0.3 is 9.30 Å². The third-order valence-electron chi connectivity index (χ3n) is 4.47. The summed E-state index contributed by atoms with van der Waals surface area (Å²) in [6.07, 6.45) is 7.13. The van der Waals surface area contributed by atoms with Gasteiger partial charge in [0.05, 0.1) is 0 Å². The van der Waals surface area contributed by atoms with E-state index in [1.54, 1.807) is 0 Å². The van der Waals surface area contributed by atoms with E-state index in [0.29, 0.717) is 5.41 Å². The number of fused-ring (bicyclic) bond motifs is 1. The van der Waals surface area contributed by atoms with Gasteiger partial charge in [-0.3, -0.25) is 0 Å². The van der Waals surface area contributed by atoms with E-state index in [2.05, 4.69) is 27.4 Å². The molecule has 0 saturated carbocycles. The van der Waals surface area contributed by atoms with Crippen LogP contribution < -0.4 is 0 Å². The van der Waals surface area contributed by atoms with Crippen LogP contribution in [0.4, 0.5) is 0 Å². The molecule has 3 heterocycles. The zero-order valence-electron chi connectivity index (χ0n) is 11.9.